The Balaban J connectivity index is 1.97. The van der Waals surface area contributed by atoms with E-state index < -0.39 is 0 Å². The summed E-state index contributed by atoms with van der Waals surface area (Å²) < 4.78 is 0. The molecule has 1 atom stereocenters. The summed E-state index contributed by atoms with van der Waals surface area (Å²) in [6.07, 6.45) is 4.15. The van der Waals surface area contributed by atoms with Crippen molar-refractivity contribution in [2.24, 2.45) is 0 Å². The number of anilines is 1. The van der Waals surface area contributed by atoms with Crippen molar-refractivity contribution in [1.82, 2.24) is 15.3 Å². The van der Waals surface area contributed by atoms with E-state index in [2.05, 4.69) is 15.3 Å². The first-order valence-electron chi connectivity index (χ1n) is 5.63. The standard InChI is InChI=1S/C11H16N4O2/c1-8(17)14-10-2-3-15(6-10)11-12-4-9(7-16)5-13-11/h4-5,10,16H,2-3,6-7H2,1H3,(H,14,17). The molecule has 1 fully saturated rings. The summed E-state index contributed by atoms with van der Waals surface area (Å²) in [5.74, 6) is 0.642. The first kappa shape index (κ1) is 11.8. The quantitative estimate of drug-likeness (QED) is 0.752. The van der Waals surface area contributed by atoms with Gasteiger partial charge in [0.1, 0.15) is 0 Å². The maximum absolute atomic E-state index is 10.9. The molecule has 1 aliphatic heterocycles. The maximum Gasteiger partial charge on any atom is 0.225 e. The molecule has 2 rings (SSSR count). The van der Waals surface area contributed by atoms with Crippen LogP contribution in [0, 0.1) is 0 Å². The molecule has 1 aliphatic rings. The van der Waals surface area contributed by atoms with E-state index in [0.29, 0.717) is 11.5 Å². The molecule has 6 heteroatoms. The number of hydrogen-bond donors (Lipinski definition) is 2. The van der Waals surface area contributed by atoms with Crippen LogP contribution in [-0.4, -0.2) is 40.1 Å². The van der Waals surface area contributed by atoms with Gasteiger partial charge in [0.25, 0.3) is 0 Å². The van der Waals surface area contributed by atoms with E-state index in [1.165, 1.54) is 6.92 Å². The Morgan fingerprint density at radius 2 is 2.29 bits per heavy atom. The number of rotatable bonds is 3. The third-order valence-corrected chi connectivity index (χ3v) is 2.75. The maximum atomic E-state index is 10.9. The third kappa shape index (κ3) is 2.91. The minimum Gasteiger partial charge on any atom is -0.392 e. The number of aliphatic hydroxyl groups excluding tert-OH is 1. The van der Waals surface area contributed by atoms with Gasteiger partial charge in [0.05, 0.1) is 6.61 Å². The van der Waals surface area contributed by atoms with Crippen molar-refractivity contribution < 1.29 is 9.90 Å². The fourth-order valence-electron chi connectivity index (χ4n) is 1.94. The van der Waals surface area contributed by atoms with Crippen LogP contribution < -0.4 is 10.2 Å². The topological polar surface area (TPSA) is 78.4 Å². The van der Waals surface area contributed by atoms with Crippen molar-refractivity contribution in [3.63, 3.8) is 0 Å². The van der Waals surface area contributed by atoms with Crippen molar-refractivity contribution in [3.05, 3.63) is 18.0 Å². The highest BCUT2D eigenvalue weighted by atomic mass is 16.3. The molecule has 0 radical (unpaired) electrons. The average Bonchev–Trinajstić information content (AvgIpc) is 2.77. The predicted molar refractivity (Wildman–Crippen MR) is 62.4 cm³/mol. The number of carbonyl (C=O) groups is 1. The fourth-order valence-corrected chi connectivity index (χ4v) is 1.94. The van der Waals surface area contributed by atoms with Crippen molar-refractivity contribution in [2.75, 3.05) is 18.0 Å². The van der Waals surface area contributed by atoms with Gasteiger partial charge in [-0.1, -0.05) is 0 Å². The van der Waals surface area contributed by atoms with Crippen LogP contribution in [0.3, 0.4) is 0 Å². The van der Waals surface area contributed by atoms with Crippen molar-refractivity contribution in [1.29, 1.82) is 0 Å². The molecule has 1 saturated heterocycles. The Morgan fingerprint density at radius 1 is 1.59 bits per heavy atom. The van der Waals surface area contributed by atoms with Gasteiger partial charge >= 0.3 is 0 Å². The monoisotopic (exact) mass is 236 g/mol. The number of carbonyl (C=O) groups excluding carboxylic acids is 1. The fraction of sp³-hybridized carbons (Fsp3) is 0.545. The zero-order valence-electron chi connectivity index (χ0n) is 9.76. The van der Waals surface area contributed by atoms with E-state index >= 15 is 0 Å². The summed E-state index contributed by atoms with van der Waals surface area (Å²) in [6, 6.07) is 0.175. The van der Waals surface area contributed by atoms with Gasteiger partial charge in [-0.25, -0.2) is 9.97 Å². The molecule has 1 aromatic heterocycles. The number of aliphatic hydroxyl groups is 1. The van der Waals surface area contributed by atoms with Crippen molar-refractivity contribution in [2.45, 2.75) is 26.0 Å². The number of aromatic nitrogens is 2. The smallest absolute Gasteiger partial charge is 0.225 e. The molecule has 0 aromatic carbocycles. The second kappa shape index (κ2) is 5.09. The van der Waals surface area contributed by atoms with Gasteiger partial charge in [0.2, 0.25) is 11.9 Å². The normalized spacial score (nSPS) is 19.4. The molecule has 0 saturated carbocycles. The van der Waals surface area contributed by atoms with Crippen LogP contribution in [0.25, 0.3) is 0 Å². The largest absolute Gasteiger partial charge is 0.392 e. The Kier molecular flexibility index (Phi) is 3.53. The SMILES string of the molecule is CC(=O)NC1CCN(c2ncc(CO)cn2)C1. The first-order valence-corrected chi connectivity index (χ1v) is 5.63. The molecule has 6 nitrogen and oxygen atoms in total. The molecule has 1 unspecified atom stereocenters. The van der Waals surface area contributed by atoms with Gasteiger partial charge in [-0.3, -0.25) is 4.79 Å². The van der Waals surface area contributed by atoms with Gasteiger partial charge in [0, 0.05) is 44.0 Å². The highest BCUT2D eigenvalue weighted by molar-refractivity contribution is 5.73. The predicted octanol–water partition coefficient (Wildman–Crippen LogP) is -0.316. The molecule has 0 aliphatic carbocycles. The van der Waals surface area contributed by atoms with Gasteiger partial charge in [-0.15, -0.1) is 0 Å². The number of hydrogen-bond acceptors (Lipinski definition) is 5. The average molecular weight is 236 g/mol. The van der Waals surface area contributed by atoms with Gasteiger partial charge < -0.3 is 15.3 Å². The minimum atomic E-state index is -0.0468. The third-order valence-electron chi connectivity index (χ3n) is 2.75. The molecule has 1 aromatic rings. The van der Waals surface area contributed by atoms with Crippen LogP contribution in [0.1, 0.15) is 18.9 Å². The van der Waals surface area contributed by atoms with Crippen molar-refractivity contribution >= 4 is 11.9 Å². The highest BCUT2D eigenvalue weighted by Gasteiger charge is 2.24. The van der Waals surface area contributed by atoms with E-state index in [0.717, 1.165) is 19.5 Å². The van der Waals surface area contributed by atoms with Crippen molar-refractivity contribution in [3.8, 4) is 0 Å². The van der Waals surface area contributed by atoms with E-state index in [-0.39, 0.29) is 18.6 Å². The van der Waals surface area contributed by atoms with E-state index in [4.69, 9.17) is 5.11 Å². The van der Waals surface area contributed by atoms with Crippen LogP contribution in [0.4, 0.5) is 5.95 Å². The Morgan fingerprint density at radius 3 is 2.88 bits per heavy atom. The summed E-state index contributed by atoms with van der Waals surface area (Å²) in [5, 5.41) is 11.8. The zero-order chi connectivity index (χ0) is 12.3. The lowest BCUT2D eigenvalue weighted by Crippen LogP contribution is -2.35. The first-order chi connectivity index (χ1) is 8.19. The second-order valence-electron chi connectivity index (χ2n) is 4.18. The lowest BCUT2D eigenvalue weighted by molar-refractivity contribution is -0.119. The van der Waals surface area contributed by atoms with Crippen LogP contribution in [0.5, 0.6) is 0 Å². The molecule has 1 amide bonds. The number of nitrogens with one attached hydrogen (secondary N) is 1. The summed E-state index contributed by atoms with van der Waals surface area (Å²) in [4.78, 5) is 21.3. The lowest BCUT2D eigenvalue weighted by Gasteiger charge is -2.16. The molecule has 2 N–H and O–H groups in total. The molecular weight excluding hydrogens is 220 g/mol. The lowest BCUT2D eigenvalue weighted by atomic mass is 10.3. The molecule has 0 bridgehead atoms. The van der Waals surface area contributed by atoms with E-state index in [1.54, 1.807) is 12.4 Å². The van der Waals surface area contributed by atoms with Crippen LogP contribution >= 0.6 is 0 Å². The number of nitrogens with zero attached hydrogens (tertiary/aromatic N) is 3. The molecule has 0 spiro atoms. The summed E-state index contributed by atoms with van der Waals surface area (Å²) in [7, 11) is 0. The second-order valence-corrected chi connectivity index (χ2v) is 4.18. The van der Waals surface area contributed by atoms with E-state index in [9.17, 15) is 4.79 Å². The van der Waals surface area contributed by atoms with Crippen LogP contribution in [-0.2, 0) is 11.4 Å². The van der Waals surface area contributed by atoms with Gasteiger partial charge in [-0.05, 0) is 6.42 Å². The zero-order valence-corrected chi connectivity index (χ0v) is 9.76. The Labute approximate surface area is 99.7 Å². The molecule has 92 valence electrons. The van der Waals surface area contributed by atoms with Gasteiger partial charge in [-0.2, -0.15) is 0 Å². The summed E-state index contributed by atoms with van der Waals surface area (Å²) in [5.41, 5.74) is 0.700. The Bertz CT molecular complexity index is 393. The van der Waals surface area contributed by atoms with Crippen LogP contribution in [0.2, 0.25) is 0 Å². The Hall–Kier alpha value is -1.69. The van der Waals surface area contributed by atoms with Gasteiger partial charge in [0.15, 0.2) is 0 Å². The highest BCUT2D eigenvalue weighted by Crippen LogP contribution is 2.15. The molecule has 17 heavy (non-hydrogen) atoms. The number of amides is 1. The summed E-state index contributed by atoms with van der Waals surface area (Å²) in [6.45, 7) is 3.05. The molecular formula is C11H16N4O2. The van der Waals surface area contributed by atoms with Crippen LogP contribution in [0.15, 0.2) is 12.4 Å². The summed E-state index contributed by atoms with van der Waals surface area (Å²) >= 11 is 0. The minimum absolute atomic E-state index is 0.00611. The van der Waals surface area contributed by atoms with E-state index in [1.807, 2.05) is 4.90 Å². The molecule has 2 heterocycles.